The summed E-state index contributed by atoms with van der Waals surface area (Å²) in [6.07, 6.45) is 4.84. The molecule has 19 heavy (non-hydrogen) atoms. The molecule has 0 radical (unpaired) electrons. The molecule has 1 heterocycles. The number of nitrogens with one attached hydrogen (secondary N) is 1. The van der Waals surface area contributed by atoms with E-state index in [1.54, 1.807) is 18.3 Å². The summed E-state index contributed by atoms with van der Waals surface area (Å²) in [7, 11) is -3.13. The van der Waals surface area contributed by atoms with Crippen LogP contribution in [0.15, 0.2) is 41.6 Å². The van der Waals surface area contributed by atoms with Crippen LogP contribution in [0.25, 0.3) is 0 Å². The van der Waals surface area contributed by atoms with Gasteiger partial charge in [-0.3, -0.25) is 0 Å². The molecule has 6 heteroatoms. The van der Waals surface area contributed by atoms with Crippen LogP contribution in [0.2, 0.25) is 0 Å². The molecule has 1 N–H and O–H groups in total. The summed E-state index contributed by atoms with van der Waals surface area (Å²) in [5.74, 6) is 0.815. The minimum absolute atomic E-state index is 0.341. The van der Waals surface area contributed by atoms with Gasteiger partial charge in [0.15, 0.2) is 9.84 Å². The van der Waals surface area contributed by atoms with Crippen LogP contribution < -0.4 is 5.32 Å². The van der Waals surface area contributed by atoms with Gasteiger partial charge in [-0.05, 0) is 24.6 Å². The highest BCUT2D eigenvalue weighted by Gasteiger charge is 2.07. The Labute approximate surface area is 113 Å². The Balaban J connectivity index is 2.18. The van der Waals surface area contributed by atoms with Crippen LogP contribution in [-0.4, -0.2) is 30.8 Å². The number of rotatable bonds is 5. The van der Waals surface area contributed by atoms with Crippen molar-refractivity contribution >= 4 is 15.8 Å². The second-order valence-corrected chi connectivity index (χ2v) is 6.34. The van der Waals surface area contributed by atoms with E-state index in [4.69, 9.17) is 0 Å². The molecule has 0 aliphatic rings. The fraction of sp³-hybridized carbons (Fsp3) is 0.308. The third-order valence-corrected chi connectivity index (χ3v) is 3.88. The molecule has 0 aliphatic carbocycles. The number of imidazole rings is 1. The Hall–Kier alpha value is -1.82. The molecule has 0 spiro atoms. The Morgan fingerprint density at radius 3 is 2.53 bits per heavy atom. The van der Waals surface area contributed by atoms with E-state index >= 15 is 0 Å². The first-order valence-electron chi connectivity index (χ1n) is 6.04. The zero-order chi connectivity index (χ0) is 13.9. The van der Waals surface area contributed by atoms with E-state index in [1.165, 1.54) is 6.26 Å². The summed E-state index contributed by atoms with van der Waals surface area (Å²) >= 11 is 0. The molecule has 0 aliphatic heterocycles. The fourth-order valence-electron chi connectivity index (χ4n) is 1.80. The van der Waals surface area contributed by atoms with Crippen molar-refractivity contribution in [1.82, 2.24) is 9.55 Å². The van der Waals surface area contributed by atoms with Crippen LogP contribution in [0, 0.1) is 0 Å². The molecule has 5 nitrogen and oxygen atoms in total. The Bertz CT molecular complexity index is 645. The van der Waals surface area contributed by atoms with Gasteiger partial charge in [0, 0.05) is 25.2 Å². The van der Waals surface area contributed by atoms with Crippen molar-refractivity contribution < 1.29 is 8.42 Å². The first-order valence-corrected chi connectivity index (χ1v) is 7.94. The second kappa shape index (κ2) is 5.44. The summed E-state index contributed by atoms with van der Waals surface area (Å²) in [4.78, 5) is 4.56. The summed E-state index contributed by atoms with van der Waals surface area (Å²) in [6.45, 7) is 3.48. The van der Waals surface area contributed by atoms with Crippen molar-refractivity contribution in [2.75, 3.05) is 18.1 Å². The van der Waals surface area contributed by atoms with Gasteiger partial charge >= 0.3 is 0 Å². The average molecular weight is 279 g/mol. The molecule has 1 aromatic carbocycles. The molecular weight excluding hydrogens is 262 g/mol. The van der Waals surface area contributed by atoms with Crippen molar-refractivity contribution in [3.63, 3.8) is 0 Å². The van der Waals surface area contributed by atoms with Gasteiger partial charge in [0.05, 0.1) is 11.4 Å². The molecule has 0 amide bonds. The van der Waals surface area contributed by atoms with Gasteiger partial charge < -0.3 is 9.88 Å². The lowest BCUT2D eigenvalue weighted by molar-refractivity contribution is 0.602. The molecule has 2 rings (SSSR count). The van der Waals surface area contributed by atoms with Crippen molar-refractivity contribution in [2.45, 2.75) is 18.4 Å². The standard InChI is InChI=1S/C13H17N3O2S/c1-3-14-13-15-8-9-16(13)10-11-4-6-12(7-5-11)19(2,17)18/h4-9H,3,10H2,1-2H3,(H,14,15). The zero-order valence-corrected chi connectivity index (χ0v) is 11.8. The van der Waals surface area contributed by atoms with Crippen molar-refractivity contribution in [2.24, 2.45) is 0 Å². The fourth-order valence-corrected chi connectivity index (χ4v) is 2.43. The second-order valence-electron chi connectivity index (χ2n) is 4.33. The van der Waals surface area contributed by atoms with Crippen LogP contribution >= 0.6 is 0 Å². The van der Waals surface area contributed by atoms with Crippen LogP contribution in [0.1, 0.15) is 12.5 Å². The van der Waals surface area contributed by atoms with E-state index in [9.17, 15) is 8.42 Å². The lowest BCUT2D eigenvalue weighted by Gasteiger charge is -2.09. The summed E-state index contributed by atoms with van der Waals surface area (Å²) in [6, 6.07) is 6.92. The molecule has 0 bridgehead atoms. The van der Waals surface area contributed by atoms with E-state index in [0.717, 1.165) is 18.1 Å². The average Bonchev–Trinajstić information content (AvgIpc) is 2.77. The summed E-state index contributed by atoms with van der Waals surface area (Å²) in [5, 5.41) is 3.17. The van der Waals surface area contributed by atoms with Crippen molar-refractivity contribution in [3.8, 4) is 0 Å². The van der Waals surface area contributed by atoms with E-state index in [2.05, 4.69) is 10.3 Å². The molecule has 0 unspecified atom stereocenters. The molecule has 0 saturated carbocycles. The molecule has 102 valence electrons. The van der Waals surface area contributed by atoms with Crippen molar-refractivity contribution in [1.29, 1.82) is 0 Å². The number of benzene rings is 1. The van der Waals surface area contributed by atoms with Crippen LogP contribution in [0.3, 0.4) is 0 Å². The zero-order valence-electron chi connectivity index (χ0n) is 11.0. The maximum atomic E-state index is 11.4. The SMILES string of the molecule is CCNc1nccn1Cc1ccc(S(C)(=O)=O)cc1. The predicted octanol–water partition coefficient (Wildman–Crippen LogP) is 1.77. The molecule has 2 aromatic rings. The minimum Gasteiger partial charge on any atom is -0.356 e. The highest BCUT2D eigenvalue weighted by Crippen LogP contribution is 2.13. The quantitative estimate of drug-likeness (QED) is 0.906. The van der Waals surface area contributed by atoms with Gasteiger partial charge in [-0.25, -0.2) is 13.4 Å². The predicted molar refractivity (Wildman–Crippen MR) is 75.0 cm³/mol. The largest absolute Gasteiger partial charge is 0.356 e. The number of sulfone groups is 1. The molecule has 0 atom stereocenters. The Kier molecular flexibility index (Phi) is 3.90. The van der Waals surface area contributed by atoms with Crippen molar-refractivity contribution in [3.05, 3.63) is 42.2 Å². The highest BCUT2D eigenvalue weighted by molar-refractivity contribution is 7.90. The number of anilines is 1. The van der Waals surface area contributed by atoms with E-state index in [1.807, 2.05) is 29.8 Å². The van der Waals surface area contributed by atoms with Gasteiger partial charge in [0.1, 0.15) is 0 Å². The van der Waals surface area contributed by atoms with E-state index < -0.39 is 9.84 Å². The number of hydrogen-bond acceptors (Lipinski definition) is 4. The summed E-state index contributed by atoms with van der Waals surface area (Å²) < 4.78 is 24.7. The van der Waals surface area contributed by atoms with Crippen LogP contribution in [-0.2, 0) is 16.4 Å². The third-order valence-electron chi connectivity index (χ3n) is 2.75. The smallest absolute Gasteiger partial charge is 0.203 e. The van der Waals surface area contributed by atoms with Gasteiger partial charge in [0.2, 0.25) is 5.95 Å². The topological polar surface area (TPSA) is 64.0 Å². The molecule has 0 saturated heterocycles. The third kappa shape index (κ3) is 3.35. The first kappa shape index (κ1) is 13.6. The maximum absolute atomic E-state index is 11.4. The van der Waals surface area contributed by atoms with E-state index in [-0.39, 0.29) is 0 Å². The van der Waals surface area contributed by atoms with Gasteiger partial charge in [-0.1, -0.05) is 12.1 Å². The van der Waals surface area contributed by atoms with Gasteiger partial charge in [-0.15, -0.1) is 0 Å². The summed E-state index contributed by atoms with van der Waals surface area (Å²) in [5.41, 5.74) is 1.03. The Morgan fingerprint density at radius 2 is 1.95 bits per heavy atom. The number of hydrogen-bond donors (Lipinski definition) is 1. The normalized spacial score (nSPS) is 11.5. The van der Waals surface area contributed by atoms with Gasteiger partial charge in [0.25, 0.3) is 0 Å². The van der Waals surface area contributed by atoms with Crippen LogP contribution in [0.4, 0.5) is 5.95 Å². The molecular formula is C13H17N3O2S. The molecule has 0 fully saturated rings. The lowest BCUT2D eigenvalue weighted by atomic mass is 10.2. The molecule has 1 aromatic heterocycles. The maximum Gasteiger partial charge on any atom is 0.203 e. The van der Waals surface area contributed by atoms with E-state index in [0.29, 0.717) is 11.4 Å². The lowest BCUT2D eigenvalue weighted by Crippen LogP contribution is -2.07. The number of nitrogens with zero attached hydrogens (tertiary/aromatic N) is 2. The Morgan fingerprint density at radius 1 is 1.26 bits per heavy atom. The number of aromatic nitrogens is 2. The first-order chi connectivity index (χ1) is 9.00. The van der Waals surface area contributed by atoms with Crippen LogP contribution in [0.5, 0.6) is 0 Å². The monoisotopic (exact) mass is 279 g/mol. The highest BCUT2D eigenvalue weighted by atomic mass is 32.2. The minimum atomic E-state index is -3.13. The van der Waals surface area contributed by atoms with Gasteiger partial charge in [-0.2, -0.15) is 0 Å².